The Balaban J connectivity index is 1.65. The molecule has 2 aromatic rings. The minimum Gasteiger partial charge on any atom is -0.306 e. The molecule has 0 spiro atoms. The Morgan fingerprint density at radius 2 is 2.11 bits per heavy atom. The summed E-state index contributed by atoms with van der Waals surface area (Å²) in [7, 11) is 4.04. The van der Waals surface area contributed by atoms with Gasteiger partial charge < -0.3 is 10.2 Å². The zero-order chi connectivity index (χ0) is 20.3. The van der Waals surface area contributed by atoms with Crippen LogP contribution in [0.1, 0.15) is 37.5 Å². The second kappa shape index (κ2) is 9.39. The zero-order valence-electron chi connectivity index (χ0n) is 16.6. The summed E-state index contributed by atoms with van der Waals surface area (Å²) in [5.74, 6) is 0.298. The van der Waals surface area contributed by atoms with E-state index in [1.807, 2.05) is 25.5 Å². The van der Waals surface area contributed by atoms with Crippen LogP contribution in [-0.2, 0) is 7.05 Å². The summed E-state index contributed by atoms with van der Waals surface area (Å²) in [4.78, 5) is 15.9. The molecule has 7 nitrogen and oxygen atoms in total. The Morgan fingerprint density at radius 1 is 1.39 bits per heavy atom. The van der Waals surface area contributed by atoms with Gasteiger partial charge in [0.15, 0.2) is 0 Å². The monoisotopic (exact) mass is 442 g/mol. The number of nitrogens with one attached hydrogen (secondary N) is 2. The SMILES string of the molecule is CC(C)c1sc(Cl)cc1NC(=O)NSN(c1cnn(C)c1)C1CCN(C)CC1. The van der Waals surface area contributed by atoms with Crippen molar-refractivity contribution in [2.45, 2.75) is 38.6 Å². The lowest BCUT2D eigenvalue weighted by Gasteiger charge is -2.36. The first-order chi connectivity index (χ1) is 13.3. The molecule has 2 N–H and O–H groups in total. The van der Waals surface area contributed by atoms with Gasteiger partial charge in [-0.25, -0.2) is 4.79 Å². The van der Waals surface area contributed by atoms with Crippen LogP contribution < -0.4 is 14.3 Å². The van der Waals surface area contributed by atoms with E-state index in [4.69, 9.17) is 11.6 Å². The maximum absolute atomic E-state index is 12.5. The van der Waals surface area contributed by atoms with Gasteiger partial charge in [0.05, 0.1) is 34.0 Å². The molecule has 1 aliphatic rings. The number of aryl methyl sites for hydroxylation is 1. The number of hydrogen-bond acceptors (Lipinski definition) is 6. The predicted molar refractivity (Wildman–Crippen MR) is 119 cm³/mol. The summed E-state index contributed by atoms with van der Waals surface area (Å²) in [6, 6.07) is 1.89. The number of halogens is 1. The molecule has 0 unspecified atom stereocenters. The Bertz CT molecular complexity index is 800. The molecule has 1 saturated heterocycles. The molecule has 28 heavy (non-hydrogen) atoms. The summed E-state index contributed by atoms with van der Waals surface area (Å²) >= 11 is 8.95. The number of piperidine rings is 1. The lowest BCUT2D eigenvalue weighted by molar-refractivity contribution is 0.256. The van der Waals surface area contributed by atoms with Gasteiger partial charge in [0.1, 0.15) is 0 Å². The third kappa shape index (κ3) is 5.34. The Labute approximate surface area is 179 Å². The number of rotatable bonds is 6. The first-order valence-electron chi connectivity index (χ1n) is 9.33. The first kappa shape index (κ1) is 21.3. The highest BCUT2D eigenvalue weighted by Gasteiger charge is 2.26. The molecule has 2 aromatic heterocycles. The number of anilines is 2. The number of thiophene rings is 1. The van der Waals surface area contributed by atoms with Crippen molar-refractivity contribution in [2.75, 3.05) is 29.8 Å². The van der Waals surface area contributed by atoms with Crippen molar-refractivity contribution in [2.24, 2.45) is 7.05 Å². The number of likely N-dealkylation sites (tertiary alicyclic amines) is 1. The number of amides is 2. The van der Waals surface area contributed by atoms with Crippen LogP contribution >= 0.6 is 35.1 Å². The van der Waals surface area contributed by atoms with Crippen LogP contribution in [0.3, 0.4) is 0 Å². The number of nitrogens with zero attached hydrogens (tertiary/aromatic N) is 4. The number of carbonyl (C=O) groups is 1. The molecule has 0 aromatic carbocycles. The standard InChI is InChI=1S/C18H27ClN6OS2/c1-12(2)17-15(9-16(19)27-17)21-18(26)22-28-25(14-10-20-24(4)11-14)13-5-7-23(3)8-6-13/h9-13H,5-8H2,1-4H3,(H2,21,22,26). The second-order valence-electron chi connectivity index (χ2n) is 7.36. The fraction of sp³-hybridized carbons (Fsp3) is 0.556. The molecule has 0 saturated carbocycles. The van der Waals surface area contributed by atoms with E-state index in [1.165, 1.54) is 23.5 Å². The normalized spacial score (nSPS) is 15.8. The molecular weight excluding hydrogens is 416 g/mol. The van der Waals surface area contributed by atoms with Crippen LogP contribution in [0.5, 0.6) is 0 Å². The molecular formula is C18H27ClN6OS2. The van der Waals surface area contributed by atoms with Gasteiger partial charge in [0.25, 0.3) is 0 Å². The van der Waals surface area contributed by atoms with Gasteiger partial charge in [-0.15, -0.1) is 11.3 Å². The first-order valence-corrected chi connectivity index (χ1v) is 11.3. The molecule has 3 rings (SSSR count). The molecule has 0 radical (unpaired) electrons. The molecule has 1 aliphatic heterocycles. The highest BCUT2D eigenvalue weighted by molar-refractivity contribution is 7.99. The molecule has 0 bridgehead atoms. The van der Waals surface area contributed by atoms with Gasteiger partial charge in [-0.05, 0) is 45.0 Å². The third-order valence-corrected chi connectivity index (χ3v) is 7.25. The van der Waals surface area contributed by atoms with Crippen LogP contribution in [0, 0.1) is 0 Å². The van der Waals surface area contributed by atoms with E-state index in [1.54, 1.807) is 4.68 Å². The average molecular weight is 443 g/mol. The lowest BCUT2D eigenvalue weighted by atomic mass is 10.1. The van der Waals surface area contributed by atoms with Crippen molar-refractivity contribution in [3.05, 3.63) is 27.7 Å². The molecule has 154 valence electrons. The summed E-state index contributed by atoms with van der Waals surface area (Å²) in [5.41, 5.74) is 1.76. The van der Waals surface area contributed by atoms with Gasteiger partial charge in [0, 0.05) is 24.2 Å². The van der Waals surface area contributed by atoms with Crippen molar-refractivity contribution in [3.63, 3.8) is 0 Å². The largest absolute Gasteiger partial charge is 0.330 e. The summed E-state index contributed by atoms with van der Waals surface area (Å²) in [6.45, 7) is 6.26. The molecule has 3 heterocycles. The van der Waals surface area contributed by atoms with Crippen LogP contribution in [-0.4, -0.2) is 46.9 Å². The van der Waals surface area contributed by atoms with Gasteiger partial charge in [0.2, 0.25) is 0 Å². The maximum Gasteiger partial charge on any atom is 0.330 e. The predicted octanol–water partition coefficient (Wildman–Crippen LogP) is 4.54. The van der Waals surface area contributed by atoms with Crippen LogP contribution in [0.25, 0.3) is 0 Å². The molecule has 10 heteroatoms. The van der Waals surface area contributed by atoms with E-state index >= 15 is 0 Å². The van der Waals surface area contributed by atoms with Gasteiger partial charge in [-0.3, -0.25) is 13.7 Å². The number of hydrogen-bond donors (Lipinski definition) is 2. The minimum atomic E-state index is -0.261. The summed E-state index contributed by atoms with van der Waals surface area (Å²) in [5, 5.41) is 7.22. The topological polar surface area (TPSA) is 65.4 Å². The van der Waals surface area contributed by atoms with Gasteiger partial charge >= 0.3 is 6.03 Å². The van der Waals surface area contributed by atoms with Crippen molar-refractivity contribution in [1.82, 2.24) is 19.4 Å². The quantitative estimate of drug-likeness (QED) is 0.642. The smallest absolute Gasteiger partial charge is 0.306 e. The lowest BCUT2D eigenvalue weighted by Crippen LogP contribution is -2.42. The van der Waals surface area contributed by atoms with Crippen LogP contribution in [0.15, 0.2) is 18.5 Å². The van der Waals surface area contributed by atoms with Crippen LogP contribution in [0.2, 0.25) is 4.34 Å². The number of urea groups is 1. The van der Waals surface area contributed by atoms with Gasteiger partial charge in [-0.2, -0.15) is 5.10 Å². The Hall–Kier alpha value is -1.42. The van der Waals surface area contributed by atoms with E-state index in [0.717, 1.165) is 42.2 Å². The van der Waals surface area contributed by atoms with E-state index in [9.17, 15) is 4.79 Å². The summed E-state index contributed by atoms with van der Waals surface area (Å²) in [6.07, 6.45) is 5.89. The Morgan fingerprint density at radius 3 is 2.71 bits per heavy atom. The minimum absolute atomic E-state index is 0.261. The highest BCUT2D eigenvalue weighted by atomic mass is 35.5. The van der Waals surface area contributed by atoms with Crippen LogP contribution in [0.4, 0.5) is 16.2 Å². The Kier molecular flexibility index (Phi) is 7.14. The van der Waals surface area contributed by atoms with Crippen molar-refractivity contribution in [1.29, 1.82) is 0 Å². The molecule has 2 amide bonds. The van der Waals surface area contributed by atoms with Crippen molar-refractivity contribution >= 4 is 52.5 Å². The van der Waals surface area contributed by atoms with E-state index in [-0.39, 0.29) is 6.03 Å². The van der Waals surface area contributed by atoms with Crippen molar-refractivity contribution in [3.8, 4) is 0 Å². The molecule has 0 atom stereocenters. The fourth-order valence-electron chi connectivity index (χ4n) is 3.23. The molecule has 0 aliphatic carbocycles. The maximum atomic E-state index is 12.5. The summed E-state index contributed by atoms with van der Waals surface area (Å²) < 4.78 is 7.54. The highest BCUT2D eigenvalue weighted by Crippen LogP contribution is 2.36. The average Bonchev–Trinajstić information content (AvgIpc) is 3.22. The zero-order valence-corrected chi connectivity index (χ0v) is 19.0. The number of aromatic nitrogens is 2. The van der Waals surface area contributed by atoms with Gasteiger partial charge in [-0.1, -0.05) is 25.4 Å². The van der Waals surface area contributed by atoms with E-state index < -0.39 is 0 Å². The second-order valence-corrected chi connectivity index (χ2v) is 9.86. The number of carbonyl (C=O) groups excluding carboxylic acids is 1. The third-order valence-electron chi connectivity index (χ3n) is 4.71. The fourth-order valence-corrected chi connectivity index (χ4v) is 5.22. The van der Waals surface area contributed by atoms with E-state index in [2.05, 4.69) is 45.2 Å². The molecule has 1 fully saturated rings. The van der Waals surface area contributed by atoms with E-state index in [0.29, 0.717) is 16.3 Å². The van der Waals surface area contributed by atoms with Crippen molar-refractivity contribution < 1.29 is 4.79 Å².